The van der Waals surface area contributed by atoms with Crippen LogP contribution in [0, 0.1) is 0 Å². The molecule has 0 aliphatic rings. The molecule has 0 bridgehead atoms. The molecular weight excluding hydrogens is 286 g/mol. The van der Waals surface area contributed by atoms with Gasteiger partial charge in [-0.05, 0) is 25.0 Å². The van der Waals surface area contributed by atoms with Crippen molar-refractivity contribution in [2.45, 2.75) is 19.4 Å². The summed E-state index contributed by atoms with van der Waals surface area (Å²) in [5.74, 6) is 0.410. The molecular formula is C16H19NO3S. The van der Waals surface area contributed by atoms with Crippen molar-refractivity contribution >= 4 is 17.2 Å². The first-order valence-corrected chi connectivity index (χ1v) is 7.63. The van der Waals surface area contributed by atoms with Crippen molar-refractivity contribution in [1.29, 1.82) is 0 Å². The molecule has 2 rings (SSSR count). The zero-order chi connectivity index (χ0) is 15.2. The second-order valence-electron chi connectivity index (χ2n) is 4.77. The fourth-order valence-electron chi connectivity index (χ4n) is 1.90. The molecule has 5 heteroatoms. The van der Waals surface area contributed by atoms with Crippen molar-refractivity contribution in [2.24, 2.45) is 0 Å². The molecule has 0 spiro atoms. The lowest BCUT2D eigenvalue weighted by atomic mass is 10.2. The second kappa shape index (κ2) is 7.24. The Balaban J connectivity index is 2.16. The number of aliphatic hydroxyl groups is 1. The highest BCUT2D eigenvalue weighted by molar-refractivity contribution is 7.17. The minimum absolute atomic E-state index is 0.167. The van der Waals surface area contributed by atoms with Crippen molar-refractivity contribution in [3.8, 4) is 16.2 Å². The molecule has 0 saturated heterocycles. The topological polar surface area (TPSA) is 58.6 Å². The Labute approximate surface area is 128 Å². The molecule has 0 aliphatic carbocycles. The van der Waals surface area contributed by atoms with E-state index in [1.165, 1.54) is 11.3 Å². The summed E-state index contributed by atoms with van der Waals surface area (Å²) in [7, 11) is 1.56. The predicted octanol–water partition coefficient (Wildman–Crippen LogP) is 2.92. The minimum atomic E-state index is -0.421. The highest BCUT2D eigenvalue weighted by Crippen LogP contribution is 2.36. The zero-order valence-corrected chi connectivity index (χ0v) is 12.9. The van der Waals surface area contributed by atoms with Gasteiger partial charge in [0.1, 0.15) is 10.6 Å². The molecule has 2 N–H and O–H groups in total. The fourth-order valence-corrected chi connectivity index (χ4v) is 2.95. The SMILES string of the molecule is COc1cc(-c2ccccc2)sc1C(=O)NCCC(C)O. The first-order valence-electron chi connectivity index (χ1n) is 6.81. The number of amides is 1. The van der Waals surface area contributed by atoms with Gasteiger partial charge in [-0.1, -0.05) is 30.3 Å². The van der Waals surface area contributed by atoms with Crippen LogP contribution in [0.2, 0.25) is 0 Å². The number of carbonyl (C=O) groups excluding carboxylic acids is 1. The third kappa shape index (κ3) is 4.06. The van der Waals surface area contributed by atoms with Gasteiger partial charge in [0.25, 0.3) is 5.91 Å². The van der Waals surface area contributed by atoms with Crippen LogP contribution < -0.4 is 10.1 Å². The van der Waals surface area contributed by atoms with E-state index >= 15 is 0 Å². The summed E-state index contributed by atoms with van der Waals surface area (Å²) in [6, 6.07) is 11.8. The maximum absolute atomic E-state index is 12.2. The van der Waals surface area contributed by atoms with Crippen LogP contribution in [-0.2, 0) is 0 Å². The Morgan fingerprint density at radius 3 is 2.71 bits per heavy atom. The second-order valence-corrected chi connectivity index (χ2v) is 5.82. The van der Waals surface area contributed by atoms with E-state index in [0.717, 1.165) is 10.4 Å². The number of aliphatic hydroxyl groups excluding tert-OH is 1. The van der Waals surface area contributed by atoms with E-state index in [1.807, 2.05) is 36.4 Å². The fraction of sp³-hybridized carbons (Fsp3) is 0.312. The average molecular weight is 305 g/mol. The van der Waals surface area contributed by atoms with Crippen LogP contribution in [0.15, 0.2) is 36.4 Å². The number of nitrogens with one attached hydrogen (secondary N) is 1. The lowest BCUT2D eigenvalue weighted by molar-refractivity contribution is 0.0947. The maximum Gasteiger partial charge on any atom is 0.265 e. The molecule has 1 heterocycles. The number of rotatable bonds is 6. The maximum atomic E-state index is 12.2. The van der Waals surface area contributed by atoms with E-state index in [9.17, 15) is 9.90 Å². The lowest BCUT2D eigenvalue weighted by Crippen LogP contribution is -2.26. The Bertz CT molecular complexity index is 593. The van der Waals surface area contributed by atoms with E-state index in [0.29, 0.717) is 23.6 Å². The molecule has 1 unspecified atom stereocenters. The van der Waals surface area contributed by atoms with Gasteiger partial charge in [0.05, 0.1) is 13.2 Å². The monoisotopic (exact) mass is 305 g/mol. The molecule has 0 radical (unpaired) electrons. The van der Waals surface area contributed by atoms with Crippen molar-refractivity contribution in [2.75, 3.05) is 13.7 Å². The molecule has 0 fully saturated rings. The van der Waals surface area contributed by atoms with E-state index < -0.39 is 6.10 Å². The van der Waals surface area contributed by atoms with Crippen molar-refractivity contribution in [1.82, 2.24) is 5.32 Å². The summed E-state index contributed by atoms with van der Waals surface area (Å²) in [5, 5.41) is 12.0. The van der Waals surface area contributed by atoms with Gasteiger partial charge in [-0.2, -0.15) is 0 Å². The Morgan fingerprint density at radius 2 is 2.10 bits per heavy atom. The number of benzene rings is 1. The van der Waals surface area contributed by atoms with E-state index in [-0.39, 0.29) is 5.91 Å². The van der Waals surface area contributed by atoms with Crippen LogP contribution in [0.25, 0.3) is 10.4 Å². The van der Waals surface area contributed by atoms with Gasteiger partial charge in [0, 0.05) is 11.4 Å². The summed E-state index contributed by atoms with van der Waals surface area (Å²) in [6.45, 7) is 2.14. The van der Waals surface area contributed by atoms with Crippen LogP contribution in [0.5, 0.6) is 5.75 Å². The molecule has 21 heavy (non-hydrogen) atoms. The van der Waals surface area contributed by atoms with Crippen LogP contribution in [-0.4, -0.2) is 30.8 Å². The number of ether oxygens (including phenoxy) is 1. The summed E-state index contributed by atoms with van der Waals surface area (Å²) in [6.07, 6.45) is 0.112. The molecule has 1 amide bonds. The highest BCUT2D eigenvalue weighted by atomic mass is 32.1. The molecule has 1 atom stereocenters. The Kier molecular flexibility index (Phi) is 5.36. The van der Waals surface area contributed by atoms with Crippen LogP contribution in [0.1, 0.15) is 23.0 Å². The van der Waals surface area contributed by atoms with E-state index in [4.69, 9.17) is 4.74 Å². The first-order chi connectivity index (χ1) is 10.1. The Morgan fingerprint density at radius 1 is 1.38 bits per heavy atom. The van der Waals surface area contributed by atoms with Gasteiger partial charge in [-0.3, -0.25) is 4.79 Å². The Hall–Kier alpha value is -1.85. The minimum Gasteiger partial charge on any atom is -0.495 e. The molecule has 0 aliphatic heterocycles. The normalized spacial score (nSPS) is 12.0. The lowest BCUT2D eigenvalue weighted by Gasteiger charge is -2.06. The van der Waals surface area contributed by atoms with Crippen molar-refractivity contribution in [3.63, 3.8) is 0 Å². The van der Waals surface area contributed by atoms with E-state index in [1.54, 1.807) is 14.0 Å². The summed E-state index contributed by atoms with van der Waals surface area (Å²) < 4.78 is 5.30. The smallest absolute Gasteiger partial charge is 0.265 e. The molecule has 0 saturated carbocycles. The first kappa shape index (κ1) is 15.5. The van der Waals surface area contributed by atoms with Crippen molar-refractivity contribution in [3.05, 3.63) is 41.3 Å². The molecule has 1 aromatic heterocycles. The van der Waals surface area contributed by atoms with Gasteiger partial charge in [-0.15, -0.1) is 11.3 Å². The van der Waals surface area contributed by atoms with E-state index in [2.05, 4.69) is 5.32 Å². The van der Waals surface area contributed by atoms with Gasteiger partial charge in [-0.25, -0.2) is 0 Å². The molecule has 2 aromatic rings. The van der Waals surface area contributed by atoms with Crippen LogP contribution in [0.3, 0.4) is 0 Å². The summed E-state index contributed by atoms with van der Waals surface area (Å²) >= 11 is 1.40. The highest BCUT2D eigenvalue weighted by Gasteiger charge is 2.17. The summed E-state index contributed by atoms with van der Waals surface area (Å²) in [5.41, 5.74) is 1.06. The predicted molar refractivity (Wildman–Crippen MR) is 84.9 cm³/mol. The molecule has 4 nitrogen and oxygen atoms in total. The van der Waals surface area contributed by atoms with Gasteiger partial charge in [0.2, 0.25) is 0 Å². The van der Waals surface area contributed by atoms with Crippen LogP contribution >= 0.6 is 11.3 Å². The average Bonchev–Trinajstić information content (AvgIpc) is 2.92. The third-order valence-electron chi connectivity index (χ3n) is 3.03. The molecule has 1 aromatic carbocycles. The van der Waals surface area contributed by atoms with Gasteiger partial charge in [0.15, 0.2) is 0 Å². The number of hydrogen-bond acceptors (Lipinski definition) is 4. The number of hydrogen-bond donors (Lipinski definition) is 2. The number of thiophene rings is 1. The molecule has 112 valence electrons. The largest absolute Gasteiger partial charge is 0.495 e. The standard InChI is InChI=1S/C16H19NO3S/c1-11(18)8-9-17-16(19)15-13(20-2)10-14(21-15)12-6-4-3-5-7-12/h3-7,10-11,18H,8-9H2,1-2H3,(H,17,19). The quantitative estimate of drug-likeness (QED) is 0.862. The summed E-state index contributed by atoms with van der Waals surface area (Å²) in [4.78, 5) is 13.7. The van der Waals surface area contributed by atoms with Gasteiger partial charge < -0.3 is 15.2 Å². The third-order valence-corrected chi connectivity index (χ3v) is 4.19. The zero-order valence-electron chi connectivity index (χ0n) is 12.1. The van der Waals surface area contributed by atoms with Gasteiger partial charge >= 0.3 is 0 Å². The number of carbonyl (C=O) groups is 1. The van der Waals surface area contributed by atoms with Crippen LogP contribution in [0.4, 0.5) is 0 Å². The number of methoxy groups -OCH3 is 1. The van der Waals surface area contributed by atoms with Crippen molar-refractivity contribution < 1.29 is 14.6 Å².